The van der Waals surface area contributed by atoms with Gasteiger partial charge in [0, 0.05) is 36.3 Å². The van der Waals surface area contributed by atoms with Crippen molar-refractivity contribution in [1.82, 2.24) is 4.90 Å². The van der Waals surface area contributed by atoms with Gasteiger partial charge in [-0.05, 0) is 37.2 Å². The Morgan fingerprint density at radius 1 is 1.00 bits per heavy atom. The lowest BCUT2D eigenvalue weighted by Crippen LogP contribution is -2.26. The van der Waals surface area contributed by atoms with Gasteiger partial charge in [-0.3, -0.25) is 0 Å². The first-order valence-electron chi connectivity index (χ1n) is 8.85. The van der Waals surface area contributed by atoms with Crippen molar-refractivity contribution >= 4 is 23.5 Å². The maximum absolute atomic E-state index is 9.55. The summed E-state index contributed by atoms with van der Waals surface area (Å²) in [5.41, 5.74) is 1.20. The van der Waals surface area contributed by atoms with E-state index in [0.717, 1.165) is 25.3 Å². The van der Waals surface area contributed by atoms with Crippen LogP contribution in [-0.2, 0) is 16.0 Å². The van der Waals surface area contributed by atoms with Crippen LogP contribution < -0.4 is 9.47 Å². The van der Waals surface area contributed by atoms with Crippen LogP contribution in [0.3, 0.4) is 0 Å². The molecule has 3 rings (SSSR count). The molecule has 2 N–H and O–H groups in total. The summed E-state index contributed by atoms with van der Waals surface area (Å²) < 4.78 is 11.9. The van der Waals surface area contributed by atoms with E-state index in [1.807, 2.05) is 30.3 Å². The third-order valence-electron chi connectivity index (χ3n) is 3.96. The van der Waals surface area contributed by atoms with Crippen molar-refractivity contribution in [3.05, 3.63) is 65.2 Å². The van der Waals surface area contributed by atoms with E-state index in [9.17, 15) is 9.59 Å². The Morgan fingerprint density at radius 3 is 2.38 bits per heavy atom. The fraction of sp³-hybridized carbons (Fsp3) is 0.238. The van der Waals surface area contributed by atoms with Gasteiger partial charge in [0.1, 0.15) is 12.4 Å². The largest absolute Gasteiger partial charge is 0.488 e. The van der Waals surface area contributed by atoms with Gasteiger partial charge < -0.3 is 24.6 Å². The second-order valence-electron chi connectivity index (χ2n) is 6.21. The monoisotopic (exact) mass is 419 g/mol. The second-order valence-corrected chi connectivity index (χ2v) is 6.65. The summed E-state index contributed by atoms with van der Waals surface area (Å²) >= 11 is 6.06. The van der Waals surface area contributed by atoms with Crippen LogP contribution in [0.5, 0.6) is 17.2 Å². The number of hydrogen-bond donors (Lipinski definition) is 2. The maximum atomic E-state index is 9.55. The molecule has 0 amide bonds. The molecule has 0 radical (unpaired) electrons. The van der Waals surface area contributed by atoms with E-state index in [2.05, 4.69) is 18.0 Å². The number of rotatable bonds is 2. The van der Waals surface area contributed by atoms with Crippen LogP contribution in [0.25, 0.3) is 0 Å². The minimum atomic E-state index is -1.26. The number of benzene rings is 2. The first-order chi connectivity index (χ1) is 13.8. The van der Waals surface area contributed by atoms with Crippen LogP contribution in [0.4, 0.5) is 0 Å². The van der Waals surface area contributed by atoms with E-state index < -0.39 is 11.9 Å². The minimum Gasteiger partial charge on any atom is -0.488 e. The summed E-state index contributed by atoms with van der Waals surface area (Å²) in [6.07, 6.45) is 2.07. The Morgan fingerprint density at radius 2 is 1.69 bits per heavy atom. The SMILES string of the molecule is CN1CCOc2cc(Cl)ccc2Oc2ccccc2CC1.O=C(O)C=CC(=O)O. The van der Waals surface area contributed by atoms with Gasteiger partial charge in [-0.2, -0.15) is 0 Å². The summed E-state index contributed by atoms with van der Waals surface area (Å²) in [7, 11) is 2.10. The van der Waals surface area contributed by atoms with Gasteiger partial charge in [-0.1, -0.05) is 29.8 Å². The predicted octanol–water partition coefficient (Wildman–Crippen LogP) is 3.71. The number of fused-ring (bicyclic) bond motifs is 2. The first kappa shape index (κ1) is 22.3. The quantitative estimate of drug-likeness (QED) is 0.716. The molecule has 2 aromatic carbocycles. The fourth-order valence-electron chi connectivity index (χ4n) is 2.48. The topological polar surface area (TPSA) is 96.3 Å². The number of carboxylic acid groups (broad SMARTS) is 2. The first-order valence-corrected chi connectivity index (χ1v) is 9.23. The zero-order valence-corrected chi connectivity index (χ0v) is 16.6. The summed E-state index contributed by atoms with van der Waals surface area (Å²) in [6.45, 7) is 2.46. The molecule has 1 aliphatic rings. The van der Waals surface area contributed by atoms with Crippen molar-refractivity contribution in [2.45, 2.75) is 6.42 Å². The lowest BCUT2D eigenvalue weighted by molar-refractivity contribution is -0.134. The summed E-state index contributed by atoms with van der Waals surface area (Å²) in [5.74, 6) is -0.247. The number of para-hydroxylation sites is 1. The van der Waals surface area contributed by atoms with Gasteiger partial charge in [0.05, 0.1) is 0 Å². The average Bonchev–Trinajstić information content (AvgIpc) is 2.70. The summed E-state index contributed by atoms with van der Waals surface area (Å²) in [6, 6.07) is 13.6. The molecular weight excluding hydrogens is 398 g/mol. The molecule has 0 atom stereocenters. The third kappa shape index (κ3) is 7.85. The van der Waals surface area contributed by atoms with Crippen molar-refractivity contribution in [3.8, 4) is 17.2 Å². The molecule has 1 aliphatic heterocycles. The van der Waals surface area contributed by atoms with E-state index in [1.54, 1.807) is 6.07 Å². The van der Waals surface area contributed by atoms with Crippen molar-refractivity contribution < 1.29 is 29.3 Å². The van der Waals surface area contributed by atoms with Crippen LogP contribution >= 0.6 is 11.6 Å². The van der Waals surface area contributed by atoms with Crippen LogP contribution in [0.15, 0.2) is 54.6 Å². The number of aliphatic carboxylic acids is 2. The van der Waals surface area contributed by atoms with Gasteiger partial charge in [0.2, 0.25) is 0 Å². The zero-order valence-electron chi connectivity index (χ0n) is 15.9. The van der Waals surface area contributed by atoms with Crippen LogP contribution in [-0.4, -0.2) is 53.8 Å². The summed E-state index contributed by atoms with van der Waals surface area (Å²) in [5, 5.41) is 16.3. The third-order valence-corrected chi connectivity index (χ3v) is 4.20. The molecule has 0 aliphatic carbocycles. The van der Waals surface area contributed by atoms with E-state index in [4.69, 9.17) is 31.3 Å². The average molecular weight is 420 g/mol. The Bertz CT molecular complexity index is 867. The summed E-state index contributed by atoms with van der Waals surface area (Å²) in [4.78, 5) is 21.4. The Balaban J connectivity index is 0.000000321. The molecule has 8 heteroatoms. The van der Waals surface area contributed by atoms with Crippen molar-refractivity contribution in [1.29, 1.82) is 0 Å². The predicted molar refractivity (Wildman–Crippen MR) is 109 cm³/mol. The van der Waals surface area contributed by atoms with E-state index >= 15 is 0 Å². The molecule has 0 unspecified atom stereocenters. The highest BCUT2D eigenvalue weighted by molar-refractivity contribution is 6.30. The number of ether oxygens (including phenoxy) is 2. The molecule has 0 saturated heterocycles. The molecule has 1 heterocycles. The molecule has 7 nitrogen and oxygen atoms in total. The molecule has 2 aromatic rings. The van der Waals surface area contributed by atoms with Gasteiger partial charge in [0.15, 0.2) is 11.5 Å². The Hall–Kier alpha value is -3.03. The molecule has 0 spiro atoms. The Kier molecular flexibility index (Phi) is 8.51. The molecule has 0 bridgehead atoms. The van der Waals surface area contributed by atoms with Gasteiger partial charge in [0.25, 0.3) is 0 Å². The lowest BCUT2D eigenvalue weighted by atomic mass is 10.1. The molecule has 154 valence electrons. The van der Waals surface area contributed by atoms with Crippen molar-refractivity contribution in [2.24, 2.45) is 0 Å². The number of carbonyl (C=O) groups is 2. The van der Waals surface area contributed by atoms with E-state index in [0.29, 0.717) is 35.3 Å². The highest BCUT2D eigenvalue weighted by Gasteiger charge is 2.13. The molecular formula is C21H22ClNO6. The smallest absolute Gasteiger partial charge is 0.328 e. The number of likely N-dealkylation sites (N-methyl/N-ethyl adjacent to an activating group) is 1. The van der Waals surface area contributed by atoms with Gasteiger partial charge in [-0.25, -0.2) is 9.59 Å². The number of halogens is 1. The molecule has 0 fully saturated rings. The van der Waals surface area contributed by atoms with Crippen molar-refractivity contribution in [2.75, 3.05) is 26.7 Å². The number of nitrogens with zero attached hydrogens (tertiary/aromatic N) is 1. The lowest BCUT2D eigenvalue weighted by Gasteiger charge is -2.16. The van der Waals surface area contributed by atoms with Crippen LogP contribution in [0.1, 0.15) is 5.56 Å². The Labute approximate surface area is 173 Å². The minimum absolute atomic E-state index is 0.558. The van der Waals surface area contributed by atoms with E-state index in [-0.39, 0.29) is 0 Å². The molecule has 0 saturated carbocycles. The second kappa shape index (κ2) is 11.1. The highest BCUT2D eigenvalue weighted by Crippen LogP contribution is 2.35. The zero-order chi connectivity index (χ0) is 21.2. The van der Waals surface area contributed by atoms with Crippen LogP contribution in [0.2, 0.25) is 5.02 Å². The molecule has 29 heavy (non-hydrogen) atoms. The molecule has 0 aromatic heterocycles. The van der Waals surface area contributed by atoms with Crippen molar-refractivity contribution in [3.63, 3.8) is 0 Å². The fourth-order valence-corrected chi connectivity index (χ4v) is 2.65. The standard InChI is InChI=1S/C17H18ClNO2.C4H4O4/c1-19-9-8-13-4-2-3-5-15(13)21-16-7-6-14(18)12-17(16)20-11-10-19;5-3(6)1-2-4(7)8/h2-7,12H,8-11H2,1H3;1-2H,(H,5,6)(H,7,8). The highest BCUT2D eigenvalue weighted by atomic mass is 35.5. The number of hydrogen-bond acceptors (Lipinski definition) is 5. The van der Waals surface area contributed by atoms with E-state index in [1.165, 1.54) is 5.56 Å². The maximum Gasteiger partial charge on any atom is 0.328 e. The van der Waals surface area contributed by atoms with Gasteiger partial charge in [-0.15, -0.1) is 0 Å². The normalized spacial score (nSPS) is 14.1. The van der Waals surface area contributed by atoms with Gasteiger partial charge >= 0.3 is 11.9 Å². The number of carboxylic acids is 2. The van der Waals surface area contributed by atoms with Crippen LogP contribution in [0, 0.1) is 0 Å².